The Morgan fingerprint density at radius 3 is 0.876 bits per heavy atom. The molecule has 0 aliphatic heterocycles. The van der Waals surface area contributed by atoms with E-state index in [1.807, 2.05) is 21.1 Å². The summed E-state index contributed by atoms with van der Waals surface area (Å²) >= 11 is 0. The Bertz CT molecular complexity index is 1920. The maximum Gasteiger partial charge on any atom is 0.306 e. The number of quaternary nitrogens is 1. The molecule has 0 radical (unpaired) electrons. The number of allylic oxidation sites excluding steroid dienone is 16. The van der Waals surface area contributed by atoms with Crippen LogP contribution < -0.4 is 5.11 Å². The van der Waals surface area contributed by atoms with E-state index in [-0.39, 0.29) is 32.2 Å². The van der Waals surface area contributed by atoms with Gasteiger partial charge in [0.15, 0.2) is 12.4 Å². The number of carbonyl (C=O) groups is 3. The minimum Gasteiger partial charge on any atom is -0.545 e. The topological polar surface area (TPSA) is 111 Å². The first-order valence-corrected chi connectivity index (χ1v) is 41.4. The third-order valence-corrected chi connectivity index (χ3v) is 18.3. The minimum atomic E-state index is -1.63. The Balaban J connectivity index is 4.01. The smallest absolute Gasteiger partial charge is 0.306 e. The van der Waals surface area contributed by atoms with Crippen LogP contribution in [0.2, 0.25) is 0 Å². The number of hydrogen-bond donors (Lipinski definition) is 0. The molecule has 0 aliphatic carbocycles. The van der Waals surface area contributed by atoms with Gasteiger partial charge in [0.2, 0.25) is 0 Å². The van der Waals surface area contributed by atoms with Crippen LogP contribution in [0.5, 0.6) is 0 Å². The van der Waals surface area contributed by atoms with Crippen molar-refractivity contribution in [2.24, 2.45) is 0 Å². The van der Waals surface area contributed by atoms with E-state index < -0.39 is 24.3 Å². The molecule has 0 amide bonds. The molecule has 0 aromatic carbocycles. The number of esters is 2. The van der Waals surface area contributed by atoms with Gasteiger partial charge in [-0.15, -0.1) is 0 Å². The fourth-order valence-electron chi connectivity index (χ4n) is 12.1. The maximum atomic E-state index is 13.0. The number of unbranched alkanes of at least 4 members (excludes halogenated alkanes) is 46. The molecule has 2 atom stereocenters. The quantitative estimate of drug-likeness (QED) is 0.0195. The molecule has 0 saturated heterocycles. The molecule has 0 rings (SSSR count). The highest BCUT2D eigenvalue weighted by molar-refractivity contribution is 5.70. The predicted molar refractivity (Wildman–Crippen MR) is 417 cm³/mol. The van der Waals surface area contributed by atoms with E-state index in [0.717, 1.165) is 96.3 Å². The van der Waals surface area contributed by atoms with E-state index in [0.29, 0.717) is 23.9 Å². The summed E-state index contributed by atoms with van der Waals surface area (Å²) in [5.41, 5.74) is 0. The largest absolute Gasteiger partial charge is 0.545 e. The van der Waals surface area contributed by atoms with Gasteiger partial charge in [-0.1, -0.05) is 394 Å². The fraction of sp³-hybridized carbons (Fsp3) is 0.784. The summed E-state index contributed by atoms with van der Waals surface area (Å²) in [5, 5.41) is 11.9. The number of rotatable bonds is 77. The lowest BCUT2D eigenvalue weighted by Gasteiger charge is -2.26. The first-order valence-electron chi connectivity index (χ1n) is 41.4. The number of carbonyl (C=O) groups excluding carboxylic acids is 3. The van der Waals surface area contributed by atoms with Gasteiger partial charge < -0.3 is 33.3 Å². The molecule has 0 saturated carbocycles. The zero-order chi connectivity index (χ0) is 70.4. The summed E-state index contributed by atoms with van der Waals surface area (Å²) < 4.78 is 22.9. The van der Waals surface area contributed by atoms with Crippen LogP contribution >= 0.6 is 0 Å². The zero-order valence-corrected chi connectivity index (χ0v) is 64.4. The summed E-state index contributed by atoms with van der Waals surface area (Å²) in [6.07, 6.45) is 105. The molecule has 97 heavy (non-hydrogen) atoms. The van der Waals surface area contributed by atoms with Gasteiger partial charge in [0.05, 0.1) is 40.3 Å². The highest BCUT2D eigenvalue weighted by Crippen LogP contribution is 2.20. The molecular weight excluding hydrogens is 1200 g/mol. The number of carboxylic acids is 1. The van der Waals surface area contributed by atoms with E-state index in [4.69, 9.17) is 18.9 Å². The first-order chi connectivity index (χ1) is 47.6. The van der Waals surface area contributed by atoms with Gasteiger partial charge in [-0.3, -0.25) is 9.59 Å². The van der Waals surface area contributed by atoms with Crippen molar-refractivity contribution in [1.29, 1.82) is 0 Å². The summed E-state index contributed by atoms with van der Waals surface area (Å²) in [6.45, 7) is 4.68. The highest BCUT2D eigenvalue weighted by Gasteiger charge is 2.22. The molecule has 0 heterocycles. The maximum absolute atomic E-state index is 13.0. The monoisotopic (exact) mass is 1360 g/mol. The Morgan fingerprint density at radius 1 is 0.320 bits per heavy atom. The van der Waals surface area contributed by atoms with Crippen molar-refractivity contribution in [3.63, 3.8) is 0 Å². The van der Waals surface area contributed by atoms with E-state index >= 15 is 0 Å². The van der Waals surface area contributed by atoms with Crippen LogP contribution in [0, 0.1) is 0 Å². The summed E-state index contributed by atoms with van der Waals surface area (Å²) in [7, 11) is 5.94. The van der Waals surface area contributed by atoms with Gasteiger partial charge in [-0.05, 0) is 77.0 Å². The summed E-state index contributed by atoms with van der Waals surface area (Å²) in [4.78, 5) is 37.6. The number of hydrogen-bond acceptors (Lipinski definition) is 8. The van der Waals surface area contributed by atoms with Crippen molar-refractivity contribution < 1.29 is 42.9 Å². The summed E-state index contributed by atoms with van der Waals surface area (Å²) in [6, 6.07) is 0. The van der Waals surface area contributed by atoms with Crippen molar-refractivity contribution in [3.05, 3.63) is 97.2 Å². The average molecular weight is 1360 g/mol. The molecule has 0 aromatic heterocycles. The number of carboxylic acid groups (broad SMARTS) is 1. The second-order valence-electron chi connectivity index (χ2n) is 29.0. The van der Waals surface area contributed by atoms with Gasteiger partial charge in [-0.2, -0.15) is 0 Å². The molecule has 9 heteroatoms. The first kappa shape index (κ1) is 93.2. The fourth-order valence-corrected chi connectivity index (χ4v) is 12.1. The Morgan fingerprint density at radius 2 is 0.588 bits per heavy atom. The minimum absolute atomic E-state index is 0.145. The molecule has 0 aromatic rings. The predicted octanol–water partition coefficient (Wildman–Crippen LogP) is 25.4. The van der Waals surface area contributed by atoms with Crippen LogP contribution in [-0.2, 0) is 33.3 Å². The molecule has 562 valence electrons. The highest BCUT2D eigenvalue weighted by atomic mass is 16.7. The standard InChI is InChI=1S/C88H157NO8/c1-6-8-10-12-14-16-18-20-22-24-26-28-30-32-34-36-38-40-42-43-45-46-48-50-52-54-56-58-60-62-64-66-68-70-72-74-76-78-85(90)95-82-84(83-96-88(87(92)93)94-81-80-89(3,4)5)97-86(91)79-77-75-73-71-69-67-65-63-61-59-57-55-53-51-49-47-44-41-39-37-35-33-31-29-27-25-23-21-19-17-15-13-11-9-7-2/h9,11,15,17,21,23,27,29,33,35,39,41,47,49,53,55,84,88H,6-8,10,12-14,16,18-20,22,24-26,28,30-32,34,36-38,40,42-46,48,50-52,54,56-83H2,1-5H3/b11-9-,17-15-,23-21-,29-27-,35-33-,41-39-,49-47-,55-53-. The Labute approximate surface area is 601 Å². The molecule has 0 fully saturated rings. The molecule has 9 nitrogen and oxygen atoms in total. The third kappa shape index (κ3) is 79.4. The molecular formula is C88H157NO8. The SMILES string of the molecule is CC/C=C\C/C=C\C/C=C\C/C=C\C/C=C\C/C=C\C/C=C\C/C=C\CCCCCCCCCCCCC(=O)OC(COC(=O)CCCCCCCCCCCCCCCCCCCCCCCCCCCCCCCCCCCCCCC)COC(OCC[N+](C)(C)C)C(=O)[O-]. The van der Waals surface area contributed by atoms with Crippen molar-refractivity contribution in [2.75, 3.05) is 47.5 Å². The van der Waals surface area contributed by atoms with Gasteiger partial charge in [0.25, 0.3) is 0 Å². The van der Waals surface area contributed by atoms with Crippen molar-refractivity contribution in [3.8, 4) is 0 Å². The van der Waals surface area contributed by atoms with E-state index in [1.165, 1.54) is 257 Å². The van der Waals surface area contributed by atoms with Gasteiger partial charge in [0.1, 0.15) is 13.2 Å². The number of aliphatic carboxylic acids is 1. The Kier molecular flexibility index (Phi) is 74.9. The van der Waals surface area contributed by atoms with Crippen LogP contribution in [0.15, 0.2) is 97.2 Å². The normalized spacial score (nSPS) is 13.1. The van der Waals surface area contributed by atoms with Crippen molar-refractivity contribution >= 4 is 17.9 Å². The lowest BCUT2D eigenvalue weighted by atomic mass is 10.0. The van der Waals surface area contributed by atoms with Gasteiger partial charge >= 0.3 is 11.9 Å². The second-order valence-corrected chi connectivity index (χ2v) is 29.0. The van der Waals surface area contributed by atoms with Gasteiger partial charge in [0, 0.05) is 12.8 Å². The van der Waals surface area contributed by atoms with E-state index in [1.54, 1.807) is 0 Å². The molecule has 0 spiro atoms. The van der Waals surface area contributed by atoms with Crippen LogP contribution in [0.4, 0.5) is 0 Å². The third-order valence-electron chi connectivity index (χ3n) is 18.3. The molecule has 0 N–H and O–H groups in total. The van der Waals surface area contributed by atoms with Crippen LogP contribution in [-0.4, -0.2) is 82.3 Å². The van der Waals surface area contributed by atoms with E-state index in [9.17, 15) is 19.5 Å². The lowest BCUT2D eigenvalue weighted by molar-refractivity contribution is -0.870. The molecule has 0 bridgehead atoms. The van der Waals surface area contributed by atoms with Crippen molar-refractivity contribution in [1.82, 2.24) is 0 Å². The van der Waals surface area contributed by atoms with E-state index in [2.05, 4.69) is 111 Å². The van der Waals surface area contributed by atoms with Crippen LogP contribution in [0.3, 0.4) is 0 Å². The zero-order valence-electron chi connectivity index (χ0n) is 64.4. The Hall–Kier alpha value is -3.79. The van der Waals surface area contributed by atoms with Crippen LogP contribution in [0.1, 0.15) is 386 Å². The number of nitrogens with zero attached hydrogens (tertiary/aromatic N) is 1. The average Bonchev–Trinajstić information content (AvgIpc) is 3.74. The van der Waals surface area contributed by atoms with Crippen molar-refractivity contribution in [2.45, 2.75) is 399 Å². The lowest BCUT2D eigenvalue weighted by Crippen LogP contribution is -2.44. The summed E-state index contributed by atoms with van der Waals surface area (Å²) in [5.74, 6) is -2.27. The number of likely N-dealkylation sites (N-methyl/N-ethyl adjacent to an activating group) is 1. The number of ether oxygens (including phenoxy) is 4. The van der Waals surface area contributed by atoms with Crippen LogP contribution in [0.25, 0.3) is 0 Å². The van der Waals surface area contributed by atoms with Gasteiger partial charge in [-0.25, -0.2) is 0 Å². The molecule has 2 unspecified atom stereocenters. The second kappa shape index (κ2) is 77.9. The molecule has 0 aliphatic rings.